The van der Waals surface area contributed by atoms with Crippen LogP contribution in [-0.4, -0.2) is 86.6 Å². The molecule has 0 radical (unpaired) electrons. The Labute approximate surface area is 249 Å². The molecule has 228 valence electrons. The van der Waals surface area contributed by atoms with Crippen LogP contribution >= 0.6 is 0 Å². The van der Waals surface area contributed by atoms with Crippen LogP contribution in [0, 0.1) is 6.92 Å². The number of nitrogens with zero attached hydrogens (tertiary/aromatic N) is 5. The van der Waals surface area contributed by atoms with Gasteiger partial charge in [0.15, 0.2) is 0 Å². The highest BCUT2D eigenvalue weighted by atomic mass is 17.4. The summed E-state index contributed by atoms with van der Waals surface area (Å²) in [6, 6.07) is 14.5. The molecule has 14 heteroatoms. The Balaban J connectivity index is 0.991. The molecule has 14 nitrogen and oxygen atoms in total. The number of nitrogens with one attached hydrogen (secondary N) is 2. The minimum Gasteiger partial charge on any atom is -0.378 e. The Bertz CT molecular complexity index is 1310. The van der Waals surface area contributed by atoms with Gasteiger partial charge in [-0.05, 0) is 19.1 Å². The van der Waals surface area contributed by atoms with Gasteiger partial charge in [0.05, 0.1) is 26.4 Å². The Morgan fingerprint density at radius 2 is 1.21 bits per heavy atom. The van der Waals surface area contributed by atoms with Crippen molar-refractivity contribution in [2.24, 2.45) is 0 Å². The van der Waals surface area contributed by atoms with E-state index < -0.39 is 12.6 Å². The topological polar surface area (TPSA) is 142 Å². The molecule has 3 aliphatic rings. The van der Waals surface area contributed by atoms with E-state index in [4.69, 9.17) is 34.0 Å². The first-order chi connectivity index (χ1) is 21.1. The van der Waals surface area contributed by atoms with Crippen LogP contribution < -0.4 is 20.4 Å². The molecule has 0 aliphatic carbocycles. The van der Waals surface area contributed by atoms with Crippen molar-refractivity contribution in [1.82, 2.24) is 20.3 Å². The lowest BCUT2D eigenvalue weighted by molar-refractivity contribution is -0.600. The maximum atomic E-state index is 12.8. The third-order valence-corrected chi connectivity index (χ3v) is 7.15. The second kappa shape index (κ2) is 14.0. The van der Waals surface area contributed by atoms with Crippen LogP contribution in [0.1, 0.15) is 39.6 Å². The van der Waals surface area contributed by atoms with Crippen molar-refractivity contribution < 1.29 is 33.8 Å². The Morgan fingerprint density at radius 1 is 0.721 bits per heavy atom. The van der Waals surface area contributed by atoms with Crippen LogP contribution in [-0.2, 0) is 29.0 Å². The van der Waals surface area contributed by atoms with Crippen molar-refractivity contribution in [3.8, 4) is 0 Å². The monoisotopic (exact) mass is 593 g/mol. The zero-order valence-electron chi connectivity index (χ0n) is 23.9. The number of anilines is 3. The quantitative estimate of drug-likeness (QED) is 0.277. The number of amides is 1. The van der Waals surface area contributed by atoms with E-state index in [2.05, 4.69) is 30.4 Å². The highest BCUT2D eigenvalue weighted by Crippen LogP contribution is 2.32. The molecule has 3 aromatic rings. The highest BCUT2D eigenvalue weighted by molar-refractivity contribution is 5.94. The molecule has 6 rings (SSSR count). The number of hydrogen-bond donors (Lipinski definition) is 2. The molecule has 1 aromatic heterocycles. The summed E-state index contributed by atoms with van der Waals surface area (Å²) in [7, 11) is 0. The first kappa shape index (κ1) is 29.2. The number of rotatable bonds is 9. The number of aromatic nitrogens is 3. The Hall–Kier alpha value is -3.92. The van der Waals surface area contributed by atoms with Crippen molar-refractivity contribution >= 4 is 23.8 Å². The van der Waals surface area contributed by atoms with Gasteiger partial charge in [-0.15, -0.1) is 0 Å². The minimum absolute atomic E-state index is 0.218. The van der Waals surface area contributed by atoms with Gasteiger partial charge in [-0.2, -0.15) is 34.5 Å². The van der Waals surface area contributed by atoms with Gasteiger partial charge >= 0.3 is 0 Å². The van der Waals surface area contributed by atoms with Gasteiger partial charge in [-0.1, -0.05) is 42.0 Å². The Morgan fingerprint density at radius 3 is 1.72 bits per heavy atom. The molecule has 0 bridgehead atoms. The molecule has 4 heterocycles. The number of morpholine rings is 2. The molecule has 3 saturated heterocycles. The number of benzene rings is 2. The summed E-state index contributed by atoms with van der Waals surface area (Å²) < 4.78 is 11.0. The molecular weight excluding hydrogens is 558 g/mol. The van der Waals surface area contributed by atoms with E-state index in [-0.39, 0.29) is 5.91 Å². The number of carbonyl (C=O) groups excluding carboxylic acids is 1. The van der Waals surface area contributed by atoms with E-state index >= 15 is 0 Å². The normalized spacial score (nSPS) is 21.0. The molecule has 43 heavy (non-hydrogen) atoms. The van der Waals surface area contributed by atoms with Gasteiger partial charge in [-0.25, -0.2) is 0 Å². The molecule has 0 spiro atoms. The van der Waals surface area contributed by atoms with Crippen LogP contribution in [0.25, 0.3) is 0 Å². The molecule has 0 saturated carbocycles. The average molecular weight is 594 g/mol. The van der Waals surface area contributed by atoms with Crippen molar-refractivity contribution in [1.29, 1.82) is 0 Å². The van der Waals surface area contributed by atoms with Crippen molar-refractivity contribution in [3.05, 3.63) is 70.8 Å². The zero-order valence-corrected chi connectivity index (χ0v) is 23.9. The summed E-state index contributed by atoms with van der Waals surface area (Å²) >= 11 is 0. The molecule has 0 unspecified atom stereocenters. The second-order valence-corrected chi connectivity index (χ2v) is 10.2. The summed E-state index contributed by atoms with van der Waals surface area (Å²) in [5.41, 5.74) is 3.03. The van der Waals surface area contributed by atoms with Crippen LogP contribution in [0.3, 0.4) is 0 Å². The standard InChI is InChI=1S/C29H35N7O7/c1-20-2-4-22(5-3-20)25-40-42-26(43-41-25)23-8-6-21(7-9-23)24(37)30-10-11-31-27-32-28(35-12-16-38-17-13-35)34-29(33-27)36-14-18-39-19-15-36/h2-9,25-26H,10-19H2,1H3,(H,30,37)(H,31,32,33,34). The average Bonchev–Trinajstić information content (AvgIpc) is 3.08. The third-order valence-electron chi connectivity index (χ3n) is 7.15. The van der Waals surface area contributed by atoms with Gasteiger partial charge < -0.3 is 29.9 Å². The van der Waals surface area contributed by atoms with E-state index in [9.17, 15) is 4.79 Å². The molecule has 2 N–H and O–H groups in total. The van der Waals surface area contributed by atoms with Crippen molar-refractivity contribution in [2.45, 2.75) is 19.5 Å². The summed E-state index contributed by atoms with van der Waals surface area (Å²) in [5.74, 6) is 1.46. The number of aryl methyl sites for hydroxylation is 1. The first-order valence-electron chi connectivity index (χ1n) is 14.4. The SMILES string of the molecule is Cc1ccc(C2OOC(c3ccc(C(=O)NCCNc4nc(N5CCOCC5)nc(N5CCOCC5)n4)cc3)OO2)cc1. The molecule has 3 aliphatic heterocycles. The van der Waals surface area contributed by atoms with Crippen molar-refractivity contribution in [2.75, 3.05) is 80.8 Å². The summed E-state index contributed by atoms with van der Waals surface area (Å²) in [5, 5.41) is 6.14. The molecule has 1 amide bonds. The van der Waals surface area contributed by atoms with E-state index in [1.807, 2.05) is 31.2 Å². The fourth-order valence-electron chi connectivity index (χ4n) is 4.67. The number of carbonyl (C=O) groups is 1. The molecule has 2 aromatic carbocycles. The predicted octanol–water partition coefficient (Wildman–Crippen LogP) is 2.30. The molecule has 3 fully saturated rings. The minimum atomic E-state index is -0.881. The molecule has 0 atom stereocenters. The summed E-state index contributed by atoms with van der Waals surface area (Å²) in [6.45, 7) is 8.18. The van der Waals surface area contributed by atoms with Gasteiger partial charge in [0, 0.05) is 56.0 Å². The fraction of sp³-hybridized carbons (Fsp3) is 0.448. The van der Waals surface area contributed by atoms with Crippen LogP contribution in [0.15, 0.2) is 48.5 Å². The van der Waals surface area contributed by atoms with Crippen LogP contribution in [0.2, 0.25) is 0 Å². The van der Waals surface area contributed by atoms with E-state index in [1.54, 1.807) is 24.3 Å². The van der Waals surface area contributed by atoms with E-state index in [0.29, 0.717) is 94.7 Å². The smallest absolute Gasteiger partial charge is 0.251 e. The van der Waals surface area contributed by atoms with Crippen LogP contribution in [0.4, 0.5) is 17.8 Å². The first-order valence-corrected chi connectivity index (χ1v) is 14.4. The third kappa shape index (κ3) is 7.54. The van der Waals surface area contributed by atoms with Gasteiger partial charge in [-0.3, -0.25) is 4.79 Å². The van der Waals surface area contributed by atoms with Gasteiger partial charge in [0.1, 0.15) is 0 Å². The van der Waals surface area contributed by atoms with E-state index in [1.165, 1.54) is 0 Å². The van der Waals surface area contributed by atoms with Gasteiger partial charge in [0.25, 0.3) is 5.91 Å². The van der Waals surface area contributed by atoms with Crippen molar-refractivity contribution in [3.63, 3.8) is 0 Å². The zero-order chi connectivity index (χ0) is 29.4. The van der Waals surface area contributed by atoms with Crippen LogP contribution in [0.5, 0.6) is 0 Å². The lowest BCUT2D eigenvalue weighted by atomic mass is 10.1. The fourth-order valence-corrected chi connectivity index (χ4v) is 4.67. The number of ether oxygens (including phenoxy) is 2. The second-order valence-electron chi connectivity index (χ2n) is 10.2. The van der Waals surface area contributed by atoms with Gasteiger partial charge in [0.2, 0.25) is 30.4 Å². The lowest BCUT2D eigenvalue weighted by Gasteiger charge is -2.30. The highest BCUT2D eigenvalue weighted by Gasteiger charge is 2.28. The Kier molecular flexibility index (Phi) is 9.52. The largest absolute Gasteiger partial charge is 0.378 e. The maximum Gasteiger partial charge on any atom is 0.251 e. The number of hydrogen-bond acceptors (Lipinski definition) is 13. The maximum absolute atomic E-state index is 12.8. The van der Waals surface area contributed by atoms with E-state index in [0.717, 1.165) is 11.1 Å². The lowest BCUT2D eigenvalue weighted by Crippen LogP contribution is -2.40. The predicted molar refractivity (Wildman–Crippen MR) is 154 cm³/mol. The summed E-state index contributed by atoms with van der Waals surface area (Å²) in [4.78, 5) is 52.4. The summed E-state index contributed by atoms with van der Waals surface area (Å²) in [6.07, 6.45) is -1.67. The molecular formula is C29H35N7O7.